The van der Waals surface area contributed by atoms with Gasteiger partial charge < -0.3 is 11.1 Å². The molecular formula is C10H17Cl2N3. The van der Waals surface area contributed by atoms with E-state index in [1.165, 1.54) is 5.56 Å². The summed E-state index contributed by atoms with van der Waals surface area (Å²) >= 11 is 0. The van der Waals surface area contributed by atoms with Crippen LogP contribution < -0.4 is 11.1 Å². The lowest BCUT2D eigenvalue weighted by atomic mass is 10.1. The number of hydrogen-bond acceptors (Lipinski definition) is 2. The first-order valence-corrected chi connectivity index (χ1v) is 4.29. The molecule has 0 radical (unpaired) electrons. The van der Waals surface area contributed by atoms with Crippen LogP contribution in [0.25, 0.3) is 0 Å². The van der Waals surface area contributed by atoms with Gasteiger partial charge in [-0.05, 0) is 18.1 Å². The summed E-state index contributed by atoms with van der Waals surface area (Å²) in [6.45, 7) is 3.02. The zero-order chi connectivity index (χ0) is 9.68. The Morgan fingerprint density at radius 3 is 2.07 bits per heavy atom. The van der Waals surface area contributed by atoms with E-state index in [1.54, 1.807) is 6.92 Å². The summed E-state index contributed by atoms with van der Waals surface area (Å²) in [6, 6.07) is 8.07. The monoisotopic (exact) mass is 249 g/mol. The van der Waals surface area contributed by atoms with Gasteiger partial charge in [0, 0.05) is 13.1 Å². The van der Waals surface area contributed by atoms with Crippen LogP contribution in [0, 0.1) is 5.41 Å². The quantitative estimate of drug-likeness (QED) is 0.568. The van der Waals surface area contributed by atoms with E-state index >= 15 is 0 Å². The van der Waals surface area contributed by atoms with Gasteiger partial charge in [-0.1, -0.05) is 24.3 Å². The average Bonchev–Trinajstić information content (AvgIpc) is 2.15. The predicted molar refractivity (Wildman–Crippen MR) is 69.1 cm³/mol. The largest absolute Gasteiger partial charge is 0.370 e. The molecule has 1 rings (SSSR count). The van der Waals surface area contributed by atoms with E-state index in [-0.39, 0.29) is 24.8 Å². The standard InChI is InChI=1S/C10H15N3.2ClH/c1-8(12)13-7-10-4-2-9(6-11)3-5-10;;/h2-5H,6-7,11H2,1H3,(H2,12,13);2*1H. The lowest BCUT2D eigenvalue weighted by molar-refractivity contribution is 0.900. The van der Waals surface area contributed by atoms with Gasteiger partial charge in [-0.25, -0.2) is 0 Å². The highest BCUT2D eigenvalue weighted by Gasteiger charge is 1.92. The Morgan fingerprint density at radius 2 is 1.67 bits per heavy atom. The van der Waals surface area contributed by atoms with Gasteiger partial charge in [0.2, 0.25) is 0 Å². The molecular weight excluding hydrogens is 233 g/mol. The Labute approximate surface area is 103 Å². The first-order valence-electron chi connectivity index (χ1n) is 4.29. The highest BCUT2D eigenvalue weighted by molar-refractivity contribution is 5.85. The summed E-state index contributed by atoms with van der Waals surface area (Å²) in [7, 11) is 0. The van der Waals surface area contributed by atoms with E-state index < -0.39 is 0 Å². The number of benzene rings is 1. The SMILES string of the molecule is CC(=N)NCc1ccc(CN)cc1.Cl.Cl. The van der Waals surface area contributed by atoms with Crippen molar-refractivity contribution in [2.75, 3.05) is 0 Å². The topological polar surface area (TPSA) is 61.9 Å². The van der Waals surface area contributed by atoms with Gasteiger partial charge in [-0.3, -0.25) is 5.41 Å². The highest BCUT2D eigenvalue weighted by atomic mass is 35.5. The predicted octanol–water partition coefficient (Wildman–Crippen LogP) is 2.08. The maximum absolute atomic E-state index is 7.19. The number of nitrogens with one attached hydrogen (secondary N) is 2. The van der Waals surface area contributed by atoms with Crippen molar-refractivity contribution in [1.29, 1.82) is 5.41 Å². The van der Waals surface area contributed by atoms with Crippen LogP contribution in [0.1, 0.15) is 18.1 Å². The van der Waals surface area contributed by atoms with E-state index in [9.17, 15) is 0 Å². The van der Waals surface area contributed by atoms with E-state index in [0.717, 1.165) is 5.56 Å². The molecule has 15 heavy (non-hydrogen) atoms. The minimum Gasteiger partial charge on any atom is -0.370 e. The molecule has 0 saturated heterocycles. The van der Waals surface area contributed by atoms with Crippen molar-refractivity contribution in [2.24, 2.45) is 5.73 Å². The van der Waals surface area contributed by atoms with Crippen molar-refractivity contribution in [2.45, 2.75) is 20.0 Å². The molecule has 0 spiro atoms. The Bertz CT molecular complexity index is 285. The van der Waals surface area contributed by atoms with Crippen molar-refractivity contribution < 1.29 is 0 Å². The van der Waals surface area contributed by atoms with Gasteiger partial charge in [-0.2, -0.15) is 0 Å². The Kier molecular flexibility index (Phi) is 9.47. The van der Waals surface area contributed by atoms with Gasteiger partial charge in [0.05, 0.1) is 5.84 Å². The van der Waals surface area contributed by atoms with Crippen molar-refractivity contribution in [3.63, 3.8) is 0 Å². The van der Waals surface area contributed by atoms with Gasteiger partial charge in [0.25, 0.3) is 0 Å². The fraction of sp³-hybridized carbons (Fsp3) is 0.300. The van der Waals surface area contributed by atoms with Gasteiger partial charge >= 0.3 is 0 Å². The molecule has 5 heteroatoms. The number of halogens is 2. The molecule has 0 atom stereocenters. The first-order chi connectivity index (χ1) is 6.22. The second kappa shape index (κ2) is 8.53. The normalized spacial score (nSPS) is 8.40. The van der Waals surface area contributed by atoms with Crippen LogP contribution >= 0.6 is 24.8 Å². The molecule has 1 aromatic carbocycles. The molecule has 0 saturated carbocycles. The van der Waals surface area contributed by atoms with Crippen LogP contribution in [-0.4, -0.2) is 5.84 Å². The fourth-order valence-corrected chi connectivity index (χ4v) is 1.03. The molecule has 0 aromatic heterocycles. The van der Waals surface area contributed by atoms with Gasteiger partial charge in [0.15, 0.2) is 0 Å². The van der Waals surface area contributed by atoms with Crippen LogP contribution in [0.3, 0.4) is 0 Å². The van der Waals surface area contributed by atoms with Crippen LogP contribution in [0.5, 0.6) is 0 Å². The number of rotatable bonds is 3. The van der Waals surface area contributed by atoms with Crippen LogP contribution in [-0.2, 0) is 13.1 Å². The van der Waals surface area contributed by atoms with Crippen LogP contribution in [0.2, 0.25) is 0 Å². The van der Waals surface area contributed by atoms with E-state index in [4.69, 9.17) is 11.1 Å². The Balaban J connectivity index is 0. The summed E-state index contributed by atoms with van der Waals surface area (Å²) in [5, 5.41) is 10.1. The molecule has 0 bridgehead atoms. The molecule has 0 amide bonds. The second-order valence-electron chi connectivity index (χ2n) is 3.00. The molecule has 3 nitrogen and oxygen atoms in total. The number of nitrogens with two attached hydrogens (primary N) is 1. The second-order valence-corrected chi connectivity index (χ2v) is 3.00. The maximum Gasteiger partial charge on any atom is 0.0902 e. The maximum atomic E-state index is 7.19. The Hall–Kier alpha value is -0.770. The molecule has 0 unspecified atom stereocenters. The fourth-order valence-electron chi connectivity index (χ4n) is 1.03. The summed E-state index contributed by atoms with van der Waals surface area (Å²) in [5.41, 5.74) is 7.78. The van der Waals surface area contributed by atoms with Gasteiger partial charge in [-0.15, -0.1) is 24.8 Å². The van der Waals surface area contributed by atoms with Crippen LogP contribution in [0.4, 0.5) is 0 Å². The third-order valence-electron chi connectivity index (χ3n) is 1.82. The average molecular weight is 250 g/mol. The highest BCUT2D eigenvalue weighted by Crippen LogP contribution is 2.02. The van der Waals surface area contributed by atoms with Crippen molar-refractivity contribution in [1.82, 2.24) is 5.32 Å². The molecule has 4 N–H and O–H groups in total. The minimum absolute atomic E-state index is 0. The molecule has 1 aromatic rings. The minimum atomic E-state index is 0. The third-order valence-corrected chi connectivity index (χ3v) is 1.82. The van der Waals surface area contributed by atoms with E-state index in [1.807, 2.05) is 24.3 Å². The molecule has 0 fully saturated rings. The zero-order valence-electron chi connectivity index (χ0n) is 8.62. The zero-order valence-corrected chi connectivity index (χ0v) is 10.3. The molecule has 0 aliphatic rings. The summed E-state index contributed by atoms with van der Waals surface area (Å²) < 4.78 is 0. The van der Waals surface area contributed by atoms with Crippen LogP contribution in [0.15, 0.2) is 24.3 Å². The number of hydrogen-bond donors (Lipinski definition) is 3. The Morgan fingerprint density at radius 1 is 1.20 bits per heavy atom. The van der Waals surface area contributed by atoms with Gasteiger partial charge in [0.1, 0.15) is 0 Å². The third kappa shape index (κ3) is 6.33. The first kappa shape index (κ1) is 16.7. The summed E-state index contributed by atoms with van der Waals surface area (Å²) in [6.07, 6.45) is 0. The number of amidine groups is 1. The summed E-state index contributed by atoms with van der Waals surface area (Å²) in [4.78, 5) is 0. The summed E-state index contributed by atoms with van der Waals surface area (Å²) in [5.74, 6) is 0.489. The smallest absolute Gasteiger partial charge is 0.0902 e. The molecule has 0 heterocycles. The molecule has 86 valence electrons. The van der Waals surface area contributed by atoms with Crippen molar-refractivity contribution in [3.05, 3.63) is 35.4 Å². The van der Waals surface area contributed by atoms with Crippen molar-refractivity contribution in [3.8, 4) is 0 Å². The van der Waals surface area contributed by atoms with E-state index in [0.29, 0.717) is 18.9 Å². The molecule has 0 aliphatic carbocycles. The lowest BCUT2D eigenvalue weighted by Gasteiger charge is -2.04. The van der Waals surface area contributed by atoms with E-state index in [2.05, 4.69) is 5.32 Å². The lowest BCUT2D eigenvalue weighted by Crippen LogP contribution is -2.18. The molecule has 0 aliphatic heterocycles. The van der Waals surface area contributed by atoms with Crippen molar-refractivity contribution >= 4 is 30.6 Å².